The van der Waals surface area contributed by atoms with E-state index in [0.29, 0.717) is 10.8 Å². The minimum absolute atomic E-state index is 0.0712. The number of methoxy groups -OCH3 is 2. The van der Waals surface area contributed by atoms with Gasteiger partial charge in [-0.25, -0.2) is 8.42 Å². The lowest BCUT2D eigenvalue weighted by Gasteiger charge is -2.32. The molecule has 0 radical (unpaired) electrons. The monoisotopic (exact) mass is 627 g/mol. The fraction of sp³-hybridized carbons (Fsp3) is 0.375. The molecule has 0 aromatic heterocycles. The molecule has 0 saturated heterocycles. The molecule has 0 aliphatic heterocycles. The van der Waals surface area contributed by atoms with Gasteiger partial charge in [0, 0.05) is 23.7 Å². The summed E-state index contributed by atoms with van der Waals surface area (Å²) < 4.78 is 39.9. The van der Waals surface area contributed by atoms with Gasteiger partial charge in [0.25, 0.3) is 10.0 Å². The maximum Gasteiger partial charge on any atom is 0.264 e. The largest absolute Gasteiger partial charge is 0.493 e. The molecule has 3 aromatic carbocycles. The van der Waals surface area contributed by atoms with E-state index in [0.717, 1.165) is 41.1 Å². The van der Waals surface area contributed by atoms with E-state index < -0.39 is 28.5 Å². The standard InChI is InChI=1S/C32H38ClN3O6S/c1-22-8-7-9-24(18-22)20-35(23(2)32(38)34-26-10-5-6-11-26)31(37)21-36(27-14-12-25(33)13-15-27)43(39,40)28-16-17-29(41-3)30(19-28)42-4/h7-9,12-19,23,26H,5-6,10-11,20-21H2,1-4H3,(H,34,38). The number of hydrogen-bond acceptors (Lipinski definition) is 6. The Morgan fingerprint density at radius 2 is 1.65 bits per heavy atom. The highest BCUT2D eigenvalue weighted by Crippen LogP contribution is 2.33. The van der Waals surface area contributed by atoms with Gasteiger partial charge >= 0.3 is 0 Å². The van der Waals surface area contributed by atoms with Gasteiger partial charge in [-0.15, -0.1) is 0 Å². The fourth-order valence-electron chi connectivity index (χ4n) is 5.22. The van der Waals surface area contributed by atoms with Crippen LogP contribution in [0.4, 0.5) is 5.69 Å². The first-order valence-corrected chi connectivity index (χ1v) is 16.0. The van der Waals surface area contributed by atoms with Crippen LogP contribution in [0.2, 0.25) is 5.02 Å². The number of sulfonamides is 1. The molecular formula is C32H38ClN3O6S. The Balaban J connectivity index is 1.71. The van der Waals surface area contributed by atoms with Crippen molar-refractivity contribution in [3.05, 3.63) is 82.9 Å². The number of halogens is 1. The number of nitrogens with one attached hydrogen (secondary N) is 1. The lowest BCUT2D eigenvalue weighted by Crippen LogP contribution is -2.52. The zero-order valence-electron chi connectivity index (χ0n) is 24.9. The van der Waals surface area contributed by atoms with E-state index in [1.54, 1.807) is 19.1 Å². The molecule has 1 fully saturated rings. The minimum atomic E-state index is -4.29. The van der Waals surface area contributed by atoms with Crippen molar-refractivity contribution in [2.75, 3.05) is 25.1 Å². The van der Waals surface area contributed by atoms with E-state index in [-0.39, 0.29) is 34.8 Å². The zero-order valence-corrected chi connectivity index (χ0v) is 26.5. The summed E-state index contributed by atoms with van der Waals surface area (Å²) in [6, 6.07) is 17.3. The van der Waals surface area contributed by atoms with Crippen molar-refractivity contribution in [3.8, 4) is 11.5 Å². The third-order valence-electron chi connectivity index (χ3n) is 7.64. The van der Waals surface area contributed by atoms with Gasteiger partial charge in [-0.3, -0.25) is 13.9 Å². The van der Waals surface area contributed by atoms with Crippen molar-refractivity contribution in [2.45, 2.75) is 63.1 Å². The van der Waals surface area contributed by atoms with Gasteiger partial charge in [-0.1, -0.05) is 54.3 Å². The molecule has 1 atom stereocenters. The van der Waals surface area contributed by atoms with Crippen LogP contribution >= 0.6 is 11.6 Å². The fourth-order valence-corrected chi connectivity index (χ4v) is 6.78. The van der Waals surface area contributed by atoms with Crippen LogP contribution in [0.25, 0.3) is 0 Å². The number of amides is 2. The van der Waals surface area contributed by atoms with Gasteiger partial charge in [-0.2, -0.15) is 0 Å². The number of hydrogen-bond donors (Lipinski definition) is 1. The first kappa shape index (κ1) is 32.2. The smallest absolute Gasteiger partial charge is 0.264 e. The average molecular weight is 628 g/mol. The first-order chi connectivity index (χ1) is 20.5. The maximum absolute atomic E-state index is 14.1. The number of rotatable bonds is 12. The van der Waals surface area contributed by atoms with Crippen molar-refractivity contribution in [3.63, 3.8) is 0 Å². The molecule has 1 N–H and O–H groups in total. The summed E-state index contributed by atoms with van der Waals surface area (Å²) in [4.78, 5) is 28.8. The second-order valence-corrected chi connectivity index (χ2v) is 13.0. The molecule has 11 heteroatoms. The van der Waals surface area contributed by atoms with E-state index in [2.05, 4.69) is 5.32 Å². The van der Waals surface area contributed by atoms with Crippen LogP contribution in [-0.4, -0.2) is 58.0 Å². The van der Waals surface area contributed by atoms with Crippen molar-refractivity contribution in [2.24, 2.45) is 0 Å². The molecule has 1 aliphatic rings. The lowest BCUT2D eigenvalue weighted by molar-refractivity contribution is -0.139. The van der Waals surface area contributed by atoms with Crippen LogP contribution in [0.15, 0.2) is 71.6 Å². The molecule has 1 aliphatic carbocycles. The summed E-state index contributed by atoms with van der Waals surface area (Å²) in [7, 11) is -1.42. The number of nitrogens with zero attached hydrogens (tertiary/aromatic N) is 2. The van der Waals surface area contributed by atoms with Crippen molar-refractivity contribution in [1.82, 2.24) is 10.2 Å². The normalized spacial score (nSPS) is 14.2. The summed E-state index contributed by atoms with van der Waals surface area (Å²) >= 11 is 6.11. The van der Waals surface area contributed by atoms with Gasteiger partial charge in [-0.05, 0) is 68.7 Å². The Morgan fingerprint density at radius 3 is 2.28 bits per heavy atom. The summed E-state index contributed by atoms with van der Waals surface area (Å²) in [6.45, 7) is 3.20. The molecule has 0 heterocycles. The lowest BCUT2D eigenvalue weighted by atomic mass is 10.1. The van der Waals surface area contributed by atoms with Crippen LogP contribution in [0.3, 0.4) is 0 Å². The van der Waals surface area contributed by atoms with E-state index in [4.69, 9.17) is 21.1 Å². The number of ether oxygens (including phenoxy) is 2. The molecular weight excluding hydrogens is 590 g/mol. The Hall–Kier alpha value is -3.76. The number of anilines is 1. The van der Waals surface area contributed by atoms with E-state index in [1.807, 2.05) is 31.2 Å². The summed E-state index contributed by atoms with van der Waals surface area (Å²) in [5.41, 5.74) is 2.08. The Labute approximate surface area is 258 Å². The van der Waals surface area contributed by atoms with Crippen molar-refractivity contribution >= 4 is 39.1 Å². The third kappa shape index (κ3) is 7.80. The van der Waals surface area contributed by atoms with E-state index >= 15 is 0 Å². The predicted octanol–water partition coefficient (Wildman–Crippen LogP) is 5.34. The van der Waals surface area contributed by atoms with Crippen molar-refractivity contribution < 1.29 is 27.5 Å². The molecule has 1 unspecified atom stereocenters. The third-order valence-corrected chi connectivity index (χ3v) is 9.66. The predicted molar refractivity (Wildman–Crippen MR) is 167 cm³/mol. The molecule has 1 saturated carbocycles. The van der Waals surface area contributed by atoms with Crippen LogP contribution in [0.1, 0.15) is 43.7 Å². The van der Waals surface area contributed by atoms with Crippen LogP contribution in [0, 0.1) is 6.92 Å². The molecule has 0 spiro atoms. The molecule has 9 nitrogen and oxygen atoms in total. The van der Waals surface area contributed by atoms with Gasteiger partial charge in [0.15, 0.2) is 11.5 Å². The first-order valence-electron chi connectivity index (χ1n) is 14.2. The second-order valence-electron chi connectivity index (χ2n) is 10.7. The summed E-state index contributed by atoms with van der Waals surface area (Å²) in [5, 5.41) is 3.49. The SMILES string of the molecule is COc1ccc(S(=O)(=O)N(CC(=O)N(Cc2cccc(C)c2)C(C)C(=O)NC2CCCC2)c2ccc(Cl)cc2)cc1OC. The molecule has 0 bridgehead atoms. The summed E-state index contributed by atoms with van der Waals surface area (Å²) in [5.74, 6) is -0.213. The molecule has 43 heavy (non-hydrogen) atoms. The number of carbonyl (C=O) groups excluding carboxylic acids is 2. The summed E-state index contributed by atoms with van der Waals surface area (Å²) in [6.07, 6.45) is 3.90. The van der Waals surface area contributed by atoms with Crippen LogP contribution in [0.5, 0.6) is 11.5 Å². The quantitative estimate of drug-likeness (QED) is 0.291. The van der Waals surface area contributed by atoms with Crippen LogP contribution in [-0.2, 0) is 26.2 Å². The maximum atomic E-state index is 14.1. The van der Waals surface area contributed by atoms with E-state index in [9.17, 15) is 18.0 Å². The highest BCUT2D eigenvalue weighted by molar-refractivity contribution is 7.92. The van der Waals surface area contributed by atoms with E-state index in [1.165, 1.54) is 49.5 Å². The minimum Gasteiger partial charge on any atom is -0.493 e. The molecule has 4 rings (SSSR count). The van der Waals surface area contributed by atoms with Crippen molar-refractivity contribution in [1.29, 1.82) is 0 Å². The number of carbonyl (C=O) groups is 2. The Kier molecular flexibility index (Phi) is 10.6. The van der Waals surface area contributed by atoms with Crippen LogP contribution < -0.4 is 19.1 Å². The topological polar surface area (TPSA) is 105 Å². The Bertz CT molecular complexity index is 1540. The molecule has 3 aromatic rings. The number of aryl methyl sites for hydroxylation is 1. The average Bonchev–Trinajstić information content (AvgIpc) is 3.51. The Morgan fingerprint density at radius 1 is 0.977 bits per heavy atom. The number of benzene rings is 3. The van der Waals surface area contributed by atoms with Gasteiger partial charge < -0.3 is 19.7 Å². The molecule has 230 valence electrons. The second kappa shape index (κ2) is 14.1. The highest BCUT2D eigenvalue weighted by atomic mass is 35.5. The van der Waals surface area contributed by atoms with Gasteiger partial charge in [0.05, 0.1) is 24.8 Å². The van der Waals surface area contributed by atoms with Gasteiger partial charge in [0.2, 0.25) is 11.8 Å². The van der Waals surface area contributed by atoms with Gasteiger partial charge in [0.1, 0.15) is 12.6 Å². The highest BCUT2D eigenvalue weighted by Gasteiger charge is 2.34. The zero-order chi connectivity index (χ0) is 31.1. The molecule has 2 amide bonds.